The van der Waals surface area contributed by atoms with E-state index in [4.69, 9.17) is 9.40 Å². The van der Waals surface area contributed by atoms with Crippen LogP contribution in [0.1, 0.15) is 28.9 Å². The van der Waals surface area contributed by atoms with Crippen LogP contribution >= 0.6 is 23.1 Å². The maximum absolute atomic E-state index is 13.3. The molecule has 5 heterocycles. The lowest BCUT2D eigenvalue weighted by molar-refractivity contribution is -0.130. The van der Waals surface area contributed by atoms with Crippen LogP contribution in [0.15, 0.2) is 74.8 Å². The third kappa shape index (κ3) is 3.61. The van der Waals surface area contributed by atoms with Crippen LogP contribution < -0.4 is 0 Å². The van der Waals surface area contributed by atoms with Crippen LogP contribution in [-0.4, -0.2) is 42.0 Å². The van der Waals surface area contributed by atoms with Gasteiger partial charge >= 0.3 is 0 Å². The number of carbonyl (C=O) groups excluding carboxylic acids is 1. The van der Waals surface area contributed by atoms with Crippen molar-refractivity contribution in [1.82, 2.24) is 24.6 Å². The van der Waals surface area contributed by atoms with E-state index in [2.05, 4.69) is 15.2 Å². The first kappa shape index (κ1) is 20.1. The highest BCUT2D eigenvalue weighted by molar-refractivity contribution is 7.99. The molecule has 1 unspecified atom stereocenters. The summed E-state index contributed by atoms with van der Waals surface area (Å²) in [6, 6.07) is 15.3. The number of fused-ring (bicyclic) bond motifs is 3. The van der Waals surface area contributed by atoms with Gasteiger partial charge in [0.2, 0.25) is 0 Å². The number of hydrogen-bond acceptors (Lipinski definition) is 8. The van der Waals surface area contributed by atoms with Crippen molar-refractivity contribution >= 4 is 51.3 Å². The van der Waals surface area contributed by atoms with E-state index >= 15 is 0 Å². The molecule has 1 aromatic carbocycles. The Kier molecular flexibility index (Phi) is 4.96. The molecule has 0 bridgehead atoms. The van der Waals surface area contributed by atoms with Gasteiger partial charge < -0.3 is 4.42 Å². The fourth-order valence-electron chi connectivity index (χ4n) is 3.95. The van der Waals surface area contributed by atoms with Crippen LogP contribution in [0.5, 0.6) is 0 Å². The molecule has 33 heavy (non-hydrogen) atoms. The number of para-hydroxylation sites is 1. The zero-order chi connectivity index (χ0) is 22.4. The van der Waals surface area contributed by atoms with Crippen molar-refractivity contribution in [2.45, 2.75) is 24.5 Å². The molecule has 0 fully saturated rings. The van der Waals surface area contributed by atoms with Gasteiger partial charge in [-0.2, -0.15) is 9.62 Å². The van der Waals surface area contributed by atoms with Gasteiger partial charge in [0.1, 0.15) is 17.6 Å². The number of benzene rings is 1. The maximum atomic E-state index is 13.3. The van der Waals surface area contributed by atoms with Crippen LogP contribution in [-0.2, 0) is 4.79 Å². The average molecular weight is 475 g/mol. The van der Waals surface area contributed by atoms with Gasteiger partial charge in [-0.3, -0.25) is 4.79 Å². The molecule has 0 saturated carbocycles. The molecule has 8 nitrogen and oxygen atoms in total. The summed E-state index contributed by atoms with van der Waals surface area (Å²) in [5, 5.41) is 14.3. The van der Waals surface area contributed by atoms with Gasteiger partial charge in [0, 0.05) is 11.8 Å². The second-order valence-corrected chi connectivity index (χ2v) is 9.48. The summed E-state index contributed by atoms with van der Waals surface area (Å²) in [6.45, 7) is 1.85. The predicted molar refractivity (Wildman–Crippen MR) is 128 cm³/mol. The lowest BCUT2D eigenvalue weighted by Gasteiger charge is -2.19. The van der Waals surface area contributed by atoms with E-state index in [-0.39, 0.29) is 17.7 Å². The number of furan rings is 1. The van der Waals surface area contributed by atoms with Crippen LogP contribution in [0.2, 0.25) is 0 Å². The van der Waals surface area contributed by atoms with E-state index in [0.29, 0.717) is 17.4 Å². The molecule has 5 aromatic rings. The normalized spacial score (nSPS) is 16.1. The lowest BCUT2D eigenvalue weighted by Crippen LogP contribution is -2.28. The first-order chi connectivity index (χ1) is 16.2. The first-order valence-electron chi connectivity index (χ1n) is 10.4. The number of rotatable bonds is 5. The second kappa shape index (κ2) is 8.13. The summed E-state index contributed by atoms with van der Waals surface area (Å²) in [5.41, 5.74) is 2.45. The predicted octanol–water partition coefficient (Wildman–Crippen LogP) is 4.71. The highest BCUT2D eigenvalue weighted by Crippen LogP contribution is 2.35. The van der Waals surface area contributed by atoms with E-state index in [9.17, 15) is 4.79 Å². The Labute approximate surface area is 197 Å². The number of thiophene rings is 1. The fraction of sp³-hybridized carbons (Fsp3) is 0.174. The molecule has 164 valence electrons. The van der Waals surface area contributed by atoms with E-state index in [1.807, 2.05) is 60.8 Å². The highest BCUT2D eigenvalue weighted by Gasteiger charge is 2.35. The molecule has 0 saturated heterocycles. The Bertz CT molecular complexity index is 1490. The molecule has 1 atom stereocenters. The van der Waals surface area contributed by atoms with E-state index in [1.165, 1.54) is 11.8 Å². The minimum Gasteiger partial charge on any atom is -0.467 e. The quantitative estimate of drug-likeness (QED) is 0.271. The number of carbonyl (C=O) groups is 1. The number of aryl methyl sites for hydroxylation is 1. The molecule has 0 aliphatic carbocycles. The molecule has 6 rings (SSSR count). The number of thioether (sulfide) groups is 1. The maximum Gasteiger partial charge on any atom is 0.253 e. The Morgan fingerprint density at radius 2 is 2.09 bits per heavy atom. The average Bonchev–Trinajstić information content (AvgIpc) is 3.61. The standard InChI is InChI=1S/C23H18N6O2S2/c1-14-24-22-15-6-2-3-7-16(15)25-23(29(22)26-14)33-13-21(30)28-18(19-8-4-10-31-19)12-17(27-28)20-9-5-11-32-20/h2-11,18H,12-13H2,1H3. The zero-order valence-corrected chi connectivity index (χ0v) is 19.2. The number of hydrazone groups is 1. The summed E-state index contributed by atoms with van der Waals surface area (Å²) in [6.07, 6.45) is 2.24. The highest BCUT2D eigenvalue weighted by atomic mass is 32.2. The largest absolute Gasteiger partial charge is 0.467 e. The van der Waals surface area contributed by atoms with Gasteiger partial charge in [-0.05, 0) is 42.6 Å². The lowest BCUT2D eigenvalue weighted by atomic mass is 10.1. The molecule has 0 spiro atoms. The zero-order valence-electron chi connectivity index (χ0n) is 17.6. The Morgan fingerprint density at radius 1 is 1.18 bits per heavy atom. The molecule has 1 aliphatic heterocycles. The molecule has 0 N–H and O–H groups in total. The van der Waals surface area contributed by atoms with Gasteiger partial charge in [0.25, 0.3) is 5.91 Å². The third-order valence-electron chi connectivity index (χ3n) is 5.42. The molecular formula is C23H18N6O2S2. The van der Waals surface area contributed by atoms with Gasteiger partial charge in [-0.15, -0.1) is 16.4 Å². The van der Waals surface area contributed by atoms with Crippen molar-refractivity contribution in [3.05, 3.63) is 76.6 Å². The first-order valence-corrected chi connectivity index (χ1v) is 12.3. The topological polar surface area (TPSA) is 88.9 Å². The van der Waals surface area contributed by atoms with E-state index in [0.717, 1.165) is 32.9 Å². The van der Waals surface area contributed by atoms with Crippen LogP contribution in [0, 0.1) is 6.92 Å². The van der Waals surface area contributed by atoms with Crippen LogP contribution in [0.3, 0.4) is 0 Å². The molecule has 4 aromatic heterocycles. The third-order valence-corrected chi connectivity index (χ3v) is 7.26. The van der Waals surface area contributed by atoms with Crippen molar-refractivity contribution in [1.29, 1.82) is 0 Å². The summed E-state index contributed by atoms with van der Waals surface area (Å²) < 4.78 is 7.34. The van der Waals surface area contributed by atoms with Crippen molar-refractivity contribution in [3.63, 3.8) is 0 Å². The smallest absolute Gasteiger partial charge is 0.253 e. The fourth-order valence-corrected chi connectivity index (χ4v) is 5.47. The number of aromatic nitrogens is 4. The SMILES string of the molecule is Cc1nc2c3ccccc3nc(SCC(=O)N3N=C(c4cccs4)CC3c3ccco3)n2n1. The minimum absolute atomic E-state index is 0.118. The Balaban J connectivity index is 1.30. The molecule has 0 radical (unpaired) electrons. The van der Waals surface area contributed by atoms with Crippen molar-refractivity contribution in [3.8, 4) is 0 Å². The van der Waals surface area contributed by atoms with E-state index < -0.39 is 0 Å². The van der Waals surface area contributed by atoms with Crippen LogP contribution in [0.4, 0.5) is 0 Å². The molecule has 1 aliphatic rings. The molecule has 10 heteroatoms. The van der Waals surface area contributed by atoms with Gasteiger partial charge in [-0.1, -0.05) is 30.0 Å². The summed E-state index contributed by atoms with van der Waals surface area (Å²) in [7, 11) is 0. The number of hydrogen-bond donors (Lipinski definition) is 0. The number of nitrogens with zero attached hydrogens (tertiary/aromatic N) is 6. The van der Waals surface area contributed by atoms with Gasteiger partial charge in [0.05, 0.1) is 28.1 Å². The van der Waals surface area contributed by atoms with Crippen molar-refractivity contribution < 1.29 is 9.21 Å². The second-order valence-electron chi connectivity index (χ2n) is 7.59. The summed E-state index contributed by atoms with van der Waals surface area (Å²) >= 11 is 2.95. The monoisotopic (exact) mass is 474 g/mol. The Morgan fingerprint density at radius 3 is 2.91 bits per heavy atom. The van der Waals surface area contributed by atoms with Gasteiger partial charge in [0.15, 0.2) is 10.8 Å². The van der Waals surface area contributed by atoms with Gasteiger partial charge in [-0.25, -0.2) is 15.0 Å². The molecular weight excluding hydrogens is 456 g/mol. The summed E-state index contributed by atoms with van der Waals surface area (Å²) in [4.78, 5) is 23.7. The van der Waals surface area contributed by atoms with Crippen LogP contribution in [0.25, 0.3) is 16.6 Å². The Hall–Kier alpha value is -3.50. The van der Waals surface area contributed by atoms with E-state index in [1.54, 1.807) is 27.1 Å². The molecule has 1 amide bonds. The summed E-state index contributed by atoms with van der Waals surface area (Å²) in [5.74, 6) is 1.43. The minimum atomic E-state index is -0.261. The van der Waals surface area contributed by atoms with Crippen molar-refractivity contribution in [2.24, 2.45) is 5.10 Å². The van der Waals surface area contributed by atoms with Crippen molar-refractivity contribution in [2.75, 3.05) is 5.75 Å². The number of amides is 1.